The van der Waals surface area contributed by atoms with Gasteiger partial charge < -0.3 is 15.2 Å². The third-order valence-electron chi connectivity index (χ3n) is 3.95. The molecule has 0 spiro atoms. The molecule has 2 N–H and O–H groups in total. The van der Waals surface area contributed by atoms with Crippen LogP contribution in [0, 0.1) is 5.41 Å². The van der Waals surface area contributed by atoms with Crippen molar-refractivity contribution in [2.75, 3.05) is 13.7 Å². The maximum atomic E-state index is 12.2. The van der Waals surface area contributed by atoms with Crippen LogP contribution in [0.3, 0.4) is 0 Å². The van der Waals surface area contributed by atoms with Gasteiger partial charge in [0, 0.05) is 6.54 Å². The standard InChI is InChI=1S/C15H19NO4/c1-20-12-7-3-2-6-11(12)13(17)16-10-15(14(18)19)8-4-5-9-15/h2-3,6-7H,4-5,8-10H2,1H3,(H,16,17)(H,18,19). The number of rotatable bonds is 5. The van der Waals surface area contributed by atoms with Gasteiger partial charge in [0.05, 0.1) is 18.1 Å². The minimum Gasteiger partial charge on any atom is -0.496 e. The second-order valence-corrected chi connectivity index (χ2v) is 5.18. The molecular weight excluding hydrogens is 258 g/mol. The van der Waals surface area contributed by atoms with E-state index >= 15 is 0 Å². The van der Waals surface area contributed by atoms with Gasteiger partial charge in [-0.3, -0.25) is 9.59 Å². The van der Waals surface area contributed by atoms with Crippen molar-refractivity contribution < 1.29 is 19.4 Å². The molecule has 1 amide bonds. The lowest BCUT2D eigenvalue weighted by Gasteiger charge is -2.24. The predicted octanol–water partition coefficient (Wildman–Crippen LogP) is 2.07. The molecule has 5 nitrogen and oxygen atoms in total. The van der Waals surface area contributed by atoms with E-state index in [1.165, 1.54) is 7.11 Å². The fourth-order valence-electron chi connectivity index (χ4n) is 2.69. The zero-order chi connectivity index (χ0) is 14.6. The molecule has 0 radical (unpaired) electrons. The third kappa shape index (κ3) is 2.76. The molecule has 0 aliphatic heterocycles. The van der Waals surface area contributed by atoms with Crippen molar-refractivity contribution in [2.45, 2.75) is 25.7 Å². The summed E-state index contributed by atoms with van der Waals surface area (Å²) in [5.74, 6) is -0.633. The van der Waals surface area contributed by atoms with Gasteiger partial charge in [0.25, 0.3) is 5.91 Å². The summed E-state index contributed by atoms with van der Waals surface area (Å²) in [6, 6.07) is 6.90. The number of carbonyl (C=O) groups is 2. The monoisotopic (exact) mass is 277 g/mol. The summed E-state index contributed by atoms with van der Waals surface area (Å²) in [6.07, 6.45) is 3.04. The Balaban J connectivity index is 2.06. The Hall–Kier alpha value is -2.04. The summed E-state index contributed by atoms with van der Waals surface area (Å²) in [4.78, 5) is 23.6. The summed E-state index contributed by atoms with van der Waals surface area (Å²) in [6.45, 7) is 0.166. The number of hydrogen-bond donors (Lipinski definition) is 2. The Kier molecular flexibility index (Phi) is 4.27. The van der Waals surface area contributed by atoms with Crippen LogP contribution in [-0.2, 0) is 4.79 Å². The highest BCUT2D eigenvalue weighted by Gasteiger charge is 2.41. The minimum absolute atomic E-state index is 0.166. The van der Waals surface area contributed by atoms with Gasteiger partial charge in [-0.1, -0.05) is 25.0 Å². The zero-order valence-corrected chi connectivity index (χ0v) is 11.5. The fraction of sp³-hybridized carbons (Fsp3) is 0.467. The largest absolute Gasteiger partial charge is 0.496 e. The molecular formula is C15H19NO4. The van der Waals surface area contributed by atoms with Crippen LogP contribution in [0.5, 0.6) is 5.75 Å². The van der Waals surface area contributed by atoms with Crippen molar-refractivity contribution in [3.05, 3.63) is 29.8 Å². The molecule has 1 aliphatic rings. The Morgan fingerprint density at radius 3 is 2.55 bits per heavy atom. The zero-order valence-electron chi connectivity index (χ0n) is 11.5. The van der Waals surface area contributed by atoms with E-state index in [1.54, 1.807) is 24.3 Å². The summed E-state index contributed by atoms with van der Waals surface area (Å²) in [7, 11) is 1.50. The van der Waals surface area contributed by atoms with Crippen LogP contribution in [0.25, 0.3) is 0 Å². The van der Waals surface area contributed by atoms with E-state index in [9.17, 15) is 14.7 Å². The van der Waals surface area contributed by atoms with Crippen LogP contribution in [0.4, 0.5) is 0 Å². The van der Waals surface area contributed by atoms with Crippen LogP contribution >= 0.6 is 0 Å². The Morgan fingerprint density at radius 1 is 1.30 bits per heavy atom. The number of aliphatic carboxylic acids is 1. The molecule has 1 saturated carbocycles. The highest BCUT2D eigenvalue weighted by Crippen LogP contribution is 2.37. The maximum absolute atomic E-state index is 12.2. The van der Waals surface area contributed by atoms with E-state index in [0.29, 0.717) is 24.2 Å². The van der Waals surface area contributed by atoms with Gasteiger partial charge in [-0.2, -0.15) is 0 Å². The number of amides is 1. The quantitative estimate of drug-likeness (QED) is 0.864. The number of para-hydroxylation sites is 1. The van der Waals surface area contributed by atoms with Crippen molar-refractivity contribution in [3.63, 3.8) is 0 Å². The maximum Gasteiger partial charge on any atom is 0.311 e. The first-order chi connectivity index (χ1) is 9.59. The van der Waals surface area contributed by atoms with Crippen molar-refractivity contribution in [1.29, 1.82) is 0 Å². The average Bonchev–Trinajstić information content (AvgIpc) is 2.95. The molecule has 1 aromatic rings. The van der Waals surface area contributed by atoms with E-state index < -0.39 is 11.4 Å². The number of methoxy groups -OCH3 is 1. The van der Waals surface area contributed by atoms with E-state index in [-0.39, 0.29) is 12.5 Å². The van der Waals surface area contributed by atoms with Gasteiger partial charge in [0.15, 0.2) is 0 Å². The highest BCUT2D eigenvalue weighted by molar-refractivity contribution is 5.97. The third-order valence-corrected chi connectivity index (χ3v) is 3.95. The first-order valence-corrected chi connectivity index (χ1v) is 6.74. The van der Waals surface area contributed by atoms with Crippen LogP contribution in [-0.4, -0.2) is 30.6 Å². The molecule has 108 valence electrons. The van der Waals surface area contributed by atoms with Gasteiger partial charge in [0.1, 0.15) is 5.75 Å². The van der Waals surface area contributed by atoms with Crippen molar-refractivity contribution in [1.82, 2.24) is 5.32 Å². The van der Waals surface area contributed by atoms with Crippen LogP contribution in [0.2, 0.25) is 0 Å². The van der Waals surface area contributed by atoms with Gasteiger partial charge >= 0.3 is 5.97 Å². The number of nitrogens with one attached hydrogen (secondary N) is 1. The SMILES string of the molecule is COc1ccccc1C(=O)NCC1(C(=O)O)CCCC1. The molecule has 20 heavy (non-hydrogen) atoms. The van der Waals surface area contributed by atoms with Crippen LogP contribution < -0.4 is 10.1 Å². The topological polar surface area (TPSA) is 75.6 Å². The lowest BCUT2D eigenvalue weighted by molar-refractivity contribution is -0.148. The van der Waals surface area contributed by atoms with Gasteiger partial charge in [-0.25, -0.2) is 0 Å². The predicted molar refractivity (Wildman–Crippen MR) is 73.9 cm³/mol. The Bertz CT molecular complexity index is 506. The first-order valence-electron chi connectivity index (χ1n) is 6.74. The van der Waals surface area contributed by atoms with Crippen molar-refractivity contribution in [2.24, 2.45) is 5.41 Å². The lowest BCUT2D eigenvalue weighted by atomic mass is 9.86. The molecule has 0 heterocycles. The molecule has 1 aromatic carbocycles. The second-order valence-electron chi connectivity index (χ2n) is 5.18. The summed E-state index contributed by atoms with van der Waals surface area (Å²) >= 11 is 0. The number of carbonyl (C=O) groups excluding carboxylic acids is 1. The minimum atomic E-state index is -0.824. The smallest absolute Gasteiger partial charge is 0.311 e. The summed E-state index contributed by atoms with van der Waals surface area (Å²) < 4.78 is 5.13. The van der Waals surface area contributed by atoms with Gasteiger partial charge in [0.2, 0.25) is 0 Å². The molecule has 1 fully saturated rings. The van der Waals surface area contributed by atoms with Gasteiger partial charge in [-0.15, -0.1) is 0 Å². The lowest BCUT2D eigenvalue weighted by Crippen LogP contribution is -2.41. The van der Waals surface area contributed by atoms with Crippen molar-refractivity contribution >= 4 is 11.9 Å². The number of hydrogen-bond acceptors (Lipinski definition) is 3. The first kappa shape index (κ1) is 14.4. The second kappa shape index (κ2) is 5.94. The number of benzene rings is 1. The number of carboxylic acid groups (broad SMARTS) is 1. The molecule has 0 bridgehead atoms. The van der Waals surface area contributed by atoms with Crippen LogP contribution in [0.1, 0.15) is 36.0 Å². The number of ether oxygens (including phenoxy) is 1. The normalized spacial score (nSPS) is 16.6. The highest BCUT2D eigenvalue weighted by atomic mass is 16.5. The van der Waals surface area contributed by atoms with E-state index in [1.807, 2.05) is 0 Å². The molecule has 5 heteroatoms. The molecule has 1 aliphatic carbocycles. The average molecular weight is 277 g/mol. The molecule has 0 saturated heterocycles. The summed E-state index contributed by atoms with van der Waals surface area (Å²) in [5, 5.41) is 12.1. The van der Waals surface area contributed by atoms with Crippen molar-refractivity contribution in [3.8, 4) is 5.75 Å². The Morgan fingerprint density at radius 2 is 1.95 bits per heavy atom. The summed E-state index contributed by atoms with van der Waals surface area (Å²) in [5.41, 5.74) is -0.383. The van der Waals surface area contributed by atoms with E-state index in [4.69, 9.17) is 4.74 Å². The van der Waals surface area contributed by atoms with E-state index in [2.05, 4.69) is 5.32 Å². The molecule has 2 rings (SSSR count). The number of carboxylic acids is 1. The molecule has 0 aromatic heterocycles. The Labute approximate surface area is 117 Å². The molecule has 0 atom stereocenters. The fourth-order valence-corrected chi connectivity index (χ4v) is 2.69. The van der Waals surface area contributed by atoms with Gasteiger partial charge in [-0.05, 0) is 25.0 Å². The van der Waals surface area contributed by atoms with E-state index in [0.717, 1.165) is 12.8 Å². The van der Waals surface area contributed by atoms with Crippen LogP contribution in [0.15, 0.2) is 24.3 Å². The molecule has 0 unspecified atom stereocenters.